The molecule has 1 heterocycles. The zero-order chi connectivity index (χ0) is 12.8. The van der Waals surface area contributed by atoms with Gasteiger partial charge < -0.3 is 0 Å². The second-order valence-corrected chi connectivity index (χ2v) is 6.09. The number of halogens is 1. The van der Waals surface area contributed by atoms with Crippen LogP contribution in [0.2, 0.25) is 5.02 Å². The molecule has 0 aliphatic carbocycles. The maximum Gasteiger partial charge on any atom is 0.143 e. The lowest BCUT2D eigenvalue weighted by Crippen LogP contribution is -2.02. The third kappa shape index (κ3) is 4.16. The molecular formula is C14H13ClOS2. The average Bonchev–Trinajstić information content (AvgIpc) is 2.88. The van der Waals surface area contributed by atoms with E-state index in [0.29, 0.717) is 17.2 Å². The molecule has 0 atom stereocenters. The number of ketones is 1. The van der Waals surface area contributed by atoms with Crippen LogP contribution in [0, 0.1) is 0 Å². The van der Waals surface area contributed by atoms with Crippen molar-refractivity contribution < 1.29 is 4.79 Å². The Labute approximate surface area is 120 Å². The van der Waals surface area contributed by atoms with Gasteiger partial charge in [-0.3, -0.25) is 4.79 Å². The first-order chi connectivity index (χ1) is 8.75. The summed E-state index contributed by atoms with van der Waals surface area (Å²) >= 11 is 9.22. The van der Waals surface area contributed by atoms with Crippen LogP contribution in [0.4, 0.5) is 0 Å². The molecule has 0 saturated carbocycles. The van der Waals surface area contributed by atoms with Gasteiger partial charge in [-0.05, 0) is 40.9 Å². The van der Waals surface area contributed by atoms with Gasteiger partial charge in [0, 0.05) is 11.3 Å². The summed E-state index contributed by atoms with van der Waals surface area (Å²) in [6, 6.07) is 9.69. The number of aryl methyl sites for hydroxylation is 1. The van der Waals surface area contributed by atoms with Crippen LogP contribution in [0.5, 0.6) is 0 Å². The Morgan fingerprint density at radius 2 is 2.11 bits per heavy atom. The van der Waals surface area contributed by atoms with Crippen molar-refractivity contribution in [2.24, 2.45) is 0 Å². The van der Waals surface area contributed by atoms with Crippen molar-refractivity contribution in [2.45, 2.75) is 17.7 Å². The quantitative estimate of drug-likeness (QED) is 0.719. The van der Waals surface area contributed by atoms with Gasteiger partial charge in [-0.25, -0.2) is 0 Å². The monoisotopic (exact) mass is 296 g/mol. The number of carbonyl (C=O) groups excluding carboxylic acids is 1. The van der Waals surface area contributed by atoms with Gasteiger partial charge in [0.05, 0.1) is 10.8 Å². The molecule has 1 aromatic heterocycles. The third-order valence-electron chi connectivity index (χ3n) is 2.50. The molecule has 0 saturated heterocycles. The molecule has 0 aliphatic rings. The topological polar surface area (TPSA) is 17.1 Å². The van der Waals surface area contributed by atoms with E-state index in [2.05, 4.69) is 11.4 Å². The van der Waals surface area contributed by atoms with Crippen LogP contribution in [0.15, 0.2) is 46.0 Å². The summed E-state index contributed by atoms with van der Waals surface area (Å²) in [6.07, 6.45) is 1.44. The Morgan fingerprint density at radius 1 is 1.28 bits per heavy atom. The summed E-state index contributed by atoms with van der Waals surface area (Å²) in [4.78, 5) is 12.7. The molecule has 18 heavy (non-hydrogen) atoms. The van der Waals surface area contributed by atoms with Crippen molar-refractivity contribution in [3.63, 3.8) is 0 Å². The number of Topliss-reactive ketones (excluding diaryl/α,β-unsaturated/α-hetero) is 1. The van der Waals surface area contributed by atoms with Crippen LogP contribution in [-0.4, -0.2) is 11.5 Å². The highest BCUT2D eigenvalue weighted by Gasteiger charge is 2.06. The van der Waals surface area contributed by atoms with E-state index in [4.69, 9.17) is 11.6 Å². The number of carbonyl (C=O) groups is 1. The molecule has 2 rings (SSSR count). The molecule has 0 bridgehead atoms. The molecule has 94 valence electrons. The van der Waals surface area contributed by atoms with E-state index in [9.17, 15) is 4.79 Å². The van der Waals surface area contributed by atoms with Crippen molar-refractivity contribution >= 4 is 40.5 Å². The second kappa shape index (κ2) is 6.98. The highest BCUT2D eigenvalue weighted by molar-refractivity contribution is 8.00. The van der Waals surface area contributed by atoms with Gasteiger partial charge >= 0.3 is 0 Å². The van der Waals surface area contributed by atoms with Crippen molar-refractivity contribution in [2.75, 3.05) is 5.75 Å². The average molecular weight is 297 g/mol. The number of benzene rings is 1. The molecule has 0 spiro atoms. The minimum absolute atomic E-state index is 0.270. The summed E-state index contributed by atoms with van der Waals surface area (Å²) in [5.74, 6) is 0.763. The molecule has 0 amide bonds. The number of thioether (sulfide) groups is 1. The zero-order valence-electron chi connectivity index (χ0n) is 9.77. The van der Waals surface area contributed by atoms with E-state index in [1.54, 1.807) is 11.3 Å². The fourth-order valence-electron chi connectivity index (χ4n) is 1.51. The van der Waals surface area contributed by atoms with E-state index in [1.165, 1.54) is 17.3 Å². The molecule has 2 aromatic rings. The number of hydrogen-bond acceptors (Lipinski definition) is 3. The Morgan fingerprint density at radius 3 is 2.83 bits per heavy atom. The van der Waals surface area contributed by atoms with E-state index in [-0.39, 0.29) is 5.78 Å². The molecule has 0 radical (unpaired) electrons. The van der Waals surface area contributed by atoms with Crippen LogP contribution in [0.3, 0.4) is 0 Å². The minimum Gasteiger partial charge on any atom is -0.299 e. The van der Waals surface area contributed by atoms with Crippen molar-refractivity contribution in [1.82, 2.24) is 0 Å². The highest BCUT2D eigenvalue weighted by atomic mass is 35.5. The predicted molar refractivity (Wildman–Crippen MR) is 79.8 cm³/mol. The Kier molecular flexibility index (Phi) is 5.29. The summed E-state index contributed by atoms with van der Waals surface area (Å²) in [5.41, 5.74) is 1.25. The number of rotatable bonds is 6. The van der Waals surface area contributed by atoms with E-state index >= 15 is 0 Å². The number of thiophene rings is 1. The molecule has 0 N–H and O–H groups in total. The predicted octanol–water partition coefficient (Wildman–Crippen LogP) is 4.70. The van der Waals surface area contributed by atoms with Crippen LogP contribution in [0.25, 0.3) is 0 Å². The lowest BCUT2D eigenvalue weighted by molar-refractivity contribution is -0.116. The fourth-order valence-corrected chi connectivity index (χ4v) is 3.35. The van der Waals surface area contributed by atoms with E-state index in [0.717, 1.165) is 11.3 Å². The lowest BCUT2D eigenvalue weighted by atomic mass is 10.1. The minimum atomic E-state index is 0.270. The van der Waals surface area contributed by atoms with Crippen LogP contribution >= 0.6 is 34.7 Å². The molecule has 0 fully saturated rings. The molecule has 0 unspecified atom stereocenters. The van der Waals surface area contributed by atoms with E-state index < -0.39 is 0 Å². The van der Waals surface area contributed by atoms with Crippen LogP contribution < -0.4 is 0 Å². The Bertz CT molecular complexity index is 508. The van der Waals surface area contributed by atoms with E-state index in [1.807, 2.05) is 29.6 Å². The first kappa shape index (κ1) is 13.7. The molecular weight excluding hydrogens is 284 g/mol. The van der Waals surface area contributed by atoms with Crippen LogP contribution in [0.1, 0.15) is 12.0 Å². The van der Waals surface area contributed by atoms with Crippen molar-refractivity contribution in [1.29, 1.82) is 0 Å². The summed E-state index contributed by atoms with van der Waals surface area (Å²) < 4.78 is 0. The fraction of sp³-hybridized carbons (Fsp3) is 0.214. The van der Waals surface area contributed by atoms with Crippen LogP contribution in [-0.2, 0) is 11.2 Å². The maximum atomic E-state index is 11.8. The smallest absolute Gasteiger partial charge is 0.143 e. The second-order valence-electron chi connectivity index (χ2n) is 3.89. The van der Waals surface area contributed by atoms with Crippen molar-refractivity contribution in [3.05, 3.63) is 51.7 Å². The highest BCUT2D eigenvalue weighted by Crippen LogP contribution is 2.26. The third-order valence-corrected chi connectivity index (χ3v) is 4.80. The lowest BCUT2D eigenvalue weighted by Gasteiger charge is -2.03. The van der Waals surface area contributed by atoms with Gasteiger partial charge in [0.1, 0.15) is 5.78 Å². The molecule has 0 aliphatic heterocycles. The standard InChI is InChI=1S/C14H13ClOS2/c15-13-3-1-2-4-14(13)18-10-12(16)6-5-11-7-8-17-9-11/h1-4,7-9H,5-6,10H2. The molecule has 1 aromatic carbocycles. The summed E-state index contributed by atoms with van der Waals surface area (Å²) in [6.45, 7) is 0. The van der Waals surface area contributed by atoms with Gasteiger partial charge in [-0.2, -0.15) is 11.3 Å². The molecule has 1 nitrogen and oxygen atoms in total. The largest absolute Gasteiger partial charge is 0.299 e. The van der Waals surface area contributed by atoms with Gasteiger partial charge in [-0.15, -0.1) is 11.8 Å². The SMILES string of the molecule is O=C(CCc1ccsc1)CSc1ccccc1Cl. The normalized spacial score (nSPS) is 10.5. The van der Waals surface area contributed by atoms with Crippen molar-refractivity contribution in [3.8, 4) is 0 Å². The number of hydrogen-bond donors (Lipinski definition) is 0. The first-order valence-electron chi connectivity index (χ1n) is 5.66. The summed E-state index contributed by atoms with van der Waals surface area (Å²) in [5, 5.41) is 4.85. The first-order valence-corrected chi connectivity index (χ1v) is 7.96. The van der Waals surface area contributed by atoms with Gasteiger partial charge in [0.25, 0.3) is 0 Å². The molecule has 4 heteroatoms. The summed E-state index contributed by atoms with van der Waals surface area (Å²) in [7, 11) is 0. The Balaban J connectivity index is 1.77. The van der Waals surface area contributed by atoms with Gasteiger partial charge in [0.2, 0.25) is 0 Å². The zero-order valence-corrected chi connectivity index (χ0v) is 12.2. The maximum absolute atomic E-state index is 11.8. The van der Waals surface area contributed by atoms with Gasteiger partial charge in [-0.1, -0.05) is 23.7 Å². The van der Waals surface area contributed by atoms with Gasteiger partial charge in [0.15, 0.2) is 0 Å². The Hall–Kier alpha value is -0.770.